The number of aliphatic carboxylic acids is 1. The predicted molar refractivity (Wildman–Crippen MR) is 80.5 cm³/mol. The summed E-state index contributed by atoms with van der Waals surface area (Å²) in [7, 11) is 0. The fourth-order valence-corrected chi connectivity index (χ4v) is 1.88. The van der Waals surface area contributed by atoms with E-state index in [9.17, 15) is 9.59 Å². The van der Waals surface area contributed by atoms with Gasteiger partial charge in [0.05, 0.1) is 13.0 Å². The van der Waals surface area contributed by atoms with Crippen LogP contribution >= 0.6 is 0 Å². The highest BCUT2D eigenvalue weighted by Crippen LogP contribution is 2.16. The molecule has 1 aromatic rings. The Morgan fingerprint density at radius 2 is 2.00 bits per heavy atom. The number of carbonyl (C=O) groups excluding carboxylic acids is 1. The van der Waals surface area contributed by atoms with Gasteiger partial charge in [0, 0.05) is 0 Å². The first-order valence-corrected chi connectivity index (χ1v) is 7.16. The Bertz CT molecular complexity index is 499. The zero-order valence-corrected chi connectivity index (χ0v) is 12.8. The van der Waals surface area contributed by atoms with Crippen molar-refractivity contribution in [3.05, 3.63) is 29.3 Å². The normalized spacial score (nSPS) is 11.8. The number of hydrogen-bond acceptors (Lipinski definition) is 3. The number of carboxylic acid groups (broad SMARTS) is 1. The molecule has 0 fully saturated rings. The van der Waals surface area contributed by atoms with Gasteiger partial charge in [-0.15, -0.1) is 0 Å². The van der Waals surface area contributed by atoms with Crippen molar-refractivity contribution in [1.82, 2.24) is 5.32 Å². The quantitative estimate of drug-likeness (QED) is 0.772. The lowest BCUT2D eigenvalue weighted by Crippen LogP contribution is -2.41. The van der Waals surface area contributed by atoms with E-state index in [0.717, 1.165) is 5.56 Å². The monoisotopic (exact) mass is 293 g/mol. The van der Waals surface area contributed by atoms with Gasteiger partial charge < -0.3 is 15.2 Å². The van der Waals surface area contributed by atoms with Gasteiger partial charge in [0.1, 0.15) is 11.8 Å². The summed E-state index contributed by atoms with van der Waals surface area (Å²) in [4.78, 5) is 22.6. The van der Waals surface area contributed by atoms with E-state index in [4.69, 9.17) is 9.84 Å². The molecule has 0 heterocycles. The maximum Gasteiger partial charge on any atom is 0.326 e. The number of amides is 1. The van der Waals surface area contributed by atoms with Crippen LogP contribution in [0.15, 0.2) is 18.2 Å². The Hall–Kier alpha value is -2.04. The second-order valence-corrected chi connectivity index (χ2v) is 5.09. The average molecular weight is 293 g/mol. The molecule has 5 heteroatoms. The van der Waals surface area contributed by atoms with Gasteiger partial charge in [-0.1, -0.05) is 19.4 Å². The summed E-state index contributed by atoms with van der Waals surface area (Å²) in [5, 5.41) is 11.5. The Morgan fingerprint density at radius 1 is 1.29 bits per heavy atom. The van der Waals surface area contributed by atoms with Crippen molar-refractivity contribution in [3.8, 4) is 5.75 Å². The fourth-order valence-electron chi connectivity index (χ4n) is 1.88. The molecule has 2 N–H and O–H groups in total. The second-order valence-electron chi connectivity index (χ2n) is 5.09. The van der Waals surface area contributed by atoms with Gasteiger partial charge in [-0.25, -0.2) is 4.79 Å². The zero-order chi connectivity index (χ0) is 15.8. The Labute approximate surface area is 125 Å². The molecule has 1 amide bonds. The van der Waals surface area contributed by atoms with Gasteiger partial charge in [0.15, 0.2) is 0 Å². The fraction of sp³-hybridized carbons (Fsp3) is 0.500. The Kier molecular flexibility index (Phi) is 6.72. The molecule has 1 atom stereocenters. The van der Waals surface area contributed by atoms with Crippen LogP contribution in [0.4, 0.5) is 0 Å². The van der Waals surface area contributed by atoms with E-state index >= 15 is 0 Å². The summed E-state index contributed by atoms with van der Waals surface area (Å²) < 4.78 is 5.51. The van der Waals surface area contributed by atoms with Gasteiger partial charge >= 0.3 is 5.97 Å². The molecule has 0 aromatic heterocycles. The number of ether oxygens (including phenoxy) is 1. The lowest BCUT2D eigenvalue weighted by Gasteiger charge is -2.14. The third-order valence-corrected chi connectivity index (χ3v) is 3.29. The maximum absolute atomic E-state index is 11.7. The van der Waals surface area contributed by atoms with E-state index in [1.807, 2.05) is 39.0 Å². The minimum Gasteiger partial charge on any atom is -0.493 e. The van der Waals surface area contributed by atoms with Gasteiger partial charge in [-0.2, -0.15) is 0 Å². The molecule has 0 spiro atoms. The van der Waals surface area contributed by atoms with E-state index in [-0.39, 0.29) is 18.9 Å². The molecule has 0 saturated carbocycles. The summed E-state index contributed by atoms with van der Waals surface area (Å²) in [6, 6.07) is 4.93. The predicted octanol–water partition coefficient (Wildman–Crippen LogP) is 2.44. The zero-order valence-electron chi connectivity index (χ0n) is 12.8. The van der Waals surface area contributed by atoms with Gasteiger partial charge in [-0.3, -0.25) is 4.79 Å². The number of carboxylic acids is 1. The highest BCUT2D eigenvalue weighted by Gasteiger charge is 2.18. The Morgan fingerprint density at radius 3 is 2.57 bits per heavy atom. The number of carbonyl (C=O) groups is 2. The van der Waals surface area contributed by atoms with E-state index in [1.165, 1.54) is 5.56 Å². The molecule has 116 valence electrons. The van der Waals surface area contributed by atoms with Crippen LogP contribution in [0.5, 0.6) is 5.75 Å². The van der Waals surface area contributed by atoms with Crippen LogP contribution in [-0.2, 0) is 9.59 Å². The number of rotatable bonds is 8. The number of benzene rings is 1. The summed E-state index contributed by atoms with van der Waals surface area (Å²) in [6.45, 7) is 6.13. The highest BCUT2D eigenvalue weighted by atomic mass is 16.5. The van der Waals surface area contributed by atoms with Gasteiger partial charge in [0.25, 0.3) is 0 Å². The van der Waals surface area contributed by atoms with E-state index in [1.54, 1.807) is 0 Å². The second kappa shape index (κ2) is 8.29. The molecule has 0 aliphatic carbocycles. The minimum atomic E-state index is -1.000. The molecule has 21 heavy (non-hydrogen) atoms. The van der Waals surface area contributed by atoms with E-state index in [2.05, 4.69) is 5.32 Å². The first kappa shape index (κ1) is 17.0. The van der Waals surface area contributed by atoms with Gasteiger partial charge in [0.2, 0.25) is 5.91 Å². The molecule has 0 radical (unpaired) electrons. The molecular formula is C16H23NO4. The van der Waals surface area contributed by atoms with Crippen LogP contribution in [-0.4, -0.2) is 29.6 Å². The number of hydrogen-bond donors (Lipinski definition) is 2. The van der Waals surface area contributed by atoms with Gasteiger partial charge in [-0.05, 0) is 43.5 Å². The highest BCUT2D eigenvalue weighted by molar-refractivity contribution is 5.83. The molecular weight excluding hydrogens is 270 g/mol. The number of aryl methyl sites for hydroxylation is 2. The van der Waals surface area contributed by atoms with Crippen molar-refractivity contribution in [1.29, 1.82) is 0 Å². The first-order valence-electron chi connectivity index (χ1n) is 7.16. The smallest absolute Gasteiger partial charge is 0.326 e. The number of nitrogens with one attached hydrogen (secondary N) is 1. The van der Waals surface area contributed by atoms with Crippen molar-refractivity contribution >= 4 is 11.9 Å². The van der Waals surface area contributed by atoms with E-state index < -0.39 is 12.0 Å². The summed E-state index contributed by atoms with van der Waals surface area (Å²) in [5.74, 6) is -0.589. The van der Waals surface area contributed by atoms with Crippen molar-refractivity contribution in [2.75, 3.05) is 6.61 Å². The van der Waals surface area contributed by atoms with Crippen LogP contribution < -0.4 is 10.1 Å². The standard InChI is InChI=1S/C16H23NO4/c1-4-5-14(16(19)20)17-15(18)8-9-21-13-7-6-11(2)12(3)10-13/h6-7,10,14H,4-5,8-9H2,1-3H3,(H,17,18)(H,19,20)/t14-/m1/s1. The molecule has 1 aromatic carbocycles. The minimum absolute atomic E-state index is 0.139. The van der Waals surface area contributed by atoms with Crippen LogP contribution in [0.2, 0.25) is 0 Å². The van der Waals surface area contributed by atoms with Crippen molar-refractivity contribution in [3.63, 3.8) is 0 Å². The largest absolute Gasteiger partial charge is 0.493 e. The average Bonchev–Trinajstić information content (AvgIpc) is 2.42. The molecule has 0 aliphatic rings. The molecule has 5 nitrogen and oxygen atoms in total. The van der Waals surface area contributed by atoms with Crippen LogP contribution in [0.1, 0.15) is 37.3 Å². The topological polar surface area (TPSA) is 75.6 Å². The van der Waals surface area contributed by atoms with Crippen LogP contribution in [0.3, 0.4) is 0 Å². The van der Waals surface area contributed by atoms with Crippen LogP contribution in [0, 0.1) is 13.8 Å². The molecule has 1 rings (SSSR count). The molecule has 0 aliphatic heterocycles. The summed E-state index contributed by atoms with van der Waals surface area (Å²) in [6.07, 6.45) is 1.27. The van der Waals surface area contributed by atoms with Crippen molar-refractivity contribution in [2.24, 2.45) is 0 Å². The third kappa shape index (κ3) is 5.85. The lowest BCUT2D eigenvalue weighted by molar-refractivity contribution is -0.142. The molecule has 0 unspecified atom stereocenters. The van der Waals surface area contributed by atoms with Crippen LogP contribution in [0.25, 0.3) is 0 Å². The lowest BCUT2D eigenvalue weighted by atomic mass is 10.1. The SMILES string of the molecule is CCC[C@@H](NC(=O)CCOc1ccc(C)c(C)c1)C(=O)O. The summed E-state index contributed by atoms with van der Waals surface area (Å²) in [5.41, 5.74) is 2.31. The first-order chi connectivity index (χ1) is 9.93. The Balaban J connectivity index is 2.39. The third-order valence-electron chi connectivity index (χ3n) is 3.29. The maximum atomic E-state index is 11.7. The summed E-state index contributed by atoms with van der Waals surface area (Å²) >= 11 is 0. The molecule has 0 bridgehead atoms. The molecule has 0 saturated heterocycles. The van der Waals surface area contributed by atoms with Crippen molar-refractivity contribution in [2.45, 2.75) is 46.1 Å². The van der Waals surface area contributed by atoms with E-state index in [0.29, 0.717) is 18.6 Å². The van der Waals surface area contributed by atoms with Crippen molar-refractivity contribution < 1.29 is 19.4 Å².